The van der Waals surface area contributed by atoms with E-state index in [1.54, 1.807) is 31.4 Å². The number of ether oxygens (including phenoxy) is 1. The zero-order valence-corrected chi connectivity index (χ0v) is 11.0. The largest absolute Gasteiger partial charge is 0.497 e. The maximum absolute atomic E-state index is 11.2. The van der Waals surface area contributed by atoms with E-state index < -0.39 is 5.97 Å². The van der Waals surface area contributed by atoms with E-state index in [1.165, 1.54) is 4.80 Å². The molecule has 2 aromatic rings. The molecule has 0 radical (unpaired) electrons. The third kappa shape index (κ3) is 2.57. The van der Waals surface area contributed by atoms with E-state index in [4.69, 9.17) is 4.74 Å². The van der Waals surface area contributed by atoms with Gasteiger partial charge in [-0.05, 0) is 26.0 Å². The van der Waals surface area contributed by atoms with Crippen molar-refractivity contribution in [2.24, 2.45) is 0 Å². The zero-order chi connectivity index (χ0) is 14.0. The highest BCUT2D eigenvalue weighted by Gasteiger charge is 2.20. The Bertz CT molecular complexity index is 605. The van der Waals surface area contributed by atoms with Crippen molar-refractivity contribution in [1.29, 1.82) is 0 Å². The van der Waals surface area contributed by atoms with Crippen LogP contribution in [-0.2, 0) is 0 Å². The Balaban J connectivity index is 2.56. The average molecular weight is 261 g/mol. The molecule has 0 bridgehead atoms. The van der Waals surface area contributed by atoms with Gasteiger partial charge >= 0.3 is 5.97 Å². The SMILES string of the molecule is COc1cccc(-c2nn(C(C)C)nc2C(=O)O)c1. The van der Waals surface area contributed by atoms with E-state index in [2.05, 4.69) is 10.2 Å². The molecular weight excluding hydrogens is 246 g/mol. The molecule has 0 aliphatic rings. The molecule has 0 amide bonds. The van der Waals surface area contributed by atoms with Crippen LogP contribution >= 0.6 is 0 Å². The minimum Gasteiger partial charge on any atom is -0.497 e. The van der Waals surface area contributed by atoms with Crippen LogP contribution in [0.4, 0.5) is 0 Å². The fourth-order valence-corrected chi connectivity index (χ4v) is 1.66. The lowest BCUT2D eigenvalue weighted by Gasteiger charge is -2.03. The summed E-state index contributed by atoms with van der Waals surface area (Å²) in [6.45, 7) is 3.78. The van der Waals surface area contributed by atoms with Crippen LogP contribution in [0.15, 0.2) is 24.3 Å². The minimum absolute atomic E-state index is 0.00235. The predicted octanol–water partition coefficient (Wildman–Crippen LogP) is 2.23. The summed E-state index contributed by atoms with van der Waals surface area (Å²) in [6.07, 6.45) is 0. The lowest BCUT2D eigenvalue weighted by atomic mass is 10.1. The lowest BCUT2D eigenvalue weighted by Crippen LogP contribution is -2.06. The third-order valence-corrected chi connectivity index (χ3v) is 2.64. The van der Waals surface area contributed by atoms with E-state index >= 15 is 0 Å². The van der Waals surface area contributed by atoms with Crippen molar-refractivity contribution in [3.63, 3.8) is 0 Å². The fraction of sp³-hybridized carbons (Fsp3) is 0.308. The summed E-state index contributed by atoms with van der Waals surface area (Å²) >= 11 is 0. The molecule has 1 heterocycles. The highest BCUT2D eigenvalue weighted by atomic mass is 16.5. The number of carboxylic acid groups (broad SMARTS) is 1. The first-order chi connectivity index (χ1) is 9.02. The summed E-state index contributed by atoms with van der Waals surface area (Å²) in [7, 11) is 1.56. The second-order valence-electron chi connectivity index (χ2n) is 4.35. The van der Waals surface area contributed by atoms with Gasteiger partial charge in [0, 0.05) is 5.56 Å². The molecule has 0 saturated heterocycles. The Labute approximate surface area is 110 Å². The van der Waals surface area contributed by atoms with Gasteiger partial charge in [-0.1, -0.05) is 12.1 Å². The van der Waals surface area contributed by atoms with Crippen molar-refractivity contribution in [3.05, 3.63) is 30.0 Å². The predicted molar refractivity (Wildman–Crippen MR) is 69.4 cm³/mol. The molecule has 0 unspecified atom stereocenters. The highest BCUT2D eigenvalue weighted by molar-refractivity contribution is 5.92. The number of rotatable bonds is 4. The number of nitrogens with zero attached hydrogens (tertiary/aromatic N) is 3. The van der Waals surface area contributed by atoms with Gasteiger partial charge in [0.2, 0.25) is 0 Å². The molecule has 100 valence electrons. The highest BCUT2D eigenvalue weighted by Crippen LogP contribution is 2.25. The van der Waals surface area contributed by atoms with Gasteiger partial charge in [0.1, 0.15) is 11.4 Å². The van der Waals surface area contributed by atoms with Crippen LogP contribution < -0.4 is 4.74 Å². The Kier molecular flexibility index (Phi) is 3.50. The van der Waals surface area contributed by atoms with Crippen molar-refractivity contribution in [2.45, 2.75) is 19.9 Å². The minimum atomic E-state index is -1.09. The molecule has 1 aromatic carbocycles. The van der Waals surface area contributed by atoms with Crippen molar-refractivity contribution >= 4 is 5.97 Å². The molecule has 0 atom stereocenters. The molecule has 1 aromatic heterocycles. The van der Waals surface area contributed by atoms with Crippen molar-refractivity contribution in [3.8, 4) is 17.0 Å². The number of methoxy groups -OCH3 is 1. The second-order valence-corrected chi connectivity index (χ2v) is 4.35. The molecular formula is C13H15N3O3. The normalized spacial score (nSPS) is 10.7. The number of benzene rings is 1. The average Bonchev–Trinajstić information content (AvgIpc) is 2.84. The quantitative estimate of drug-likeness (QED) is 0.913. The molecule has 0 fully saturated rings. The van der Waals surface area contributed by atoms with E-state index in [0.29, 0.717) is 17.0 Å². The summed E-state index contributed by atoms with van der Waals surface area (Å²) in [6, 6.07) is 7.09. The van der Waals surface area contributed by atoms with Gasteiger partial charge in [0.15, 0.2) is 5.69 Å². The topological polar surface area (TPSA) is 77.2 Å². The molecule has 2 rings (SSSR count). The van der Waals surface area contributed by atoms with Crippen LogP contribution in [0.3, 0.4) is 0 Å². The first-order valence-corrected chi connectivity index (χ1v) is 5.87. The Morgan fingerprint density at radius 3 is 2.68 bits per heavy atom. The van der Waals surface area contributed by atoms with Gasteiger partial charge in [-0.15, -0.1) is 5.10 Å². The first-order valence-electron chi connectivity index (χ1n) is 5.87. The molecule has 1 N–H and O–H groups in total. The molecule has 0 spiro atoms. The zero-order valence-electron chi connectivity index (χ0n) is 11.0. The summed E-state index contributed by atoms with van der Waals surface area (Å²) in [4.78, 5) is 12.6. The number of carboxylic acids is 1. The van der Waals surface area contributed by atoms with Crippen LogP contribution in [0.25, 0.3) is 11.3 Å². The van der Waals surface area contributed by atoms with Gasteiger partial charge in [0.25, 0.3) is 0 Å². The van der Waals surface area contributed by atoms with Crippen LogP contribution in [0, 0.1) is 0 Å². The standard InChI is InChI=1S/C13H15N3O3/c1-8(2)16-14-11(12(15-16)13(17)18)9-5-4-6-10(7-9)19-3/h4-8H,1-3H3,(H,17,18). The maximum atomic E-state index is 11.2. The van der Waals surface area contributed by atoms with Gasteiger partial charge in [0.05, 0.1) is 13.2 Å². The molecule has 0 aliphatic heterocycles. The molecule has 6 nitrogen and oxygen atoms in total. The number of hydrogen-bond acceptors (Lipinski definition) is 4. The molecule has 0 saturated carbocycles. The third-order valence-electron chi connectivity index (χ3n) is 2.64. The smallest absolute Gasteiger partial charge is 0.358 e. The van der Waals surface area contributed by atoms with E-state index in [1.807, 2.05) is 13.8 Å². The van der Waals surface area contributed by atoms with Gasteiger partial charge < -0.3 is 9.84 Å². The van der Waals surface area contributed by atoms with Crippen LogP contribution in [0.5, 0.6) is 5.75 Å². The number of hydrogen-bond donors (Lipinski definition) is 1. The Hall–Kier alpha value is -2.37. The number of carbonyl (C=O) groups is 1. The first kappa shape index (κ1) is 13.1. The summed E-state index contributed by atoms with van der Waals surface area (Å²) in [5.41, 5.74) is 0.964. The van der Waals surface area contributed by atoms with E-state index in [9.17, 15) is 9.90 Å². The lowest BCUT2D eigenvalue weighted by molar-refractivity contribution is 0.0690. The van der Waals surface area contributed by atoms with Crippen LogP contribution in [0.2, 0.25) is 0 Å². The molecule has 19 heavy (non-hydrogen) atoms. The summed E-state index contributed by atoms with van der Waals surface area (Å²) < 4.78 is 5.13. The van der Waals surface area contributed by atoms with Gasteiger partial charge in [-0.25, -0.2) is 4.79 Å². The molecule has 6 heteroatoms. The van der Waals surface area contributed by atoms with Gasteiger partial charge in [-0.2, -0.15) is 9.90 Å². The Morgan fingerprint density at radius 2 is 2.11 bits per heavy atom. The van der Waals surface area contributed by atoms with Crippen molar-refractivity contribution in [2.75, 3.05) is 7.11 Å². The summed E-state index contributed by atoms with van der Waals surface area (Å²) in [5.74, 6) is -0.447. The number of aromatic nitrogens is 3. The van der Waals surface area contributed by atoms with Gasteiger partial charge in [-0.3, -0.25) is 0 Å². The van der Waals surface area contributed by atoms with Crippen molar-refractivity contribution < 1.29 is 14.6 Å². The van der Waals surface area contributed by atoms with Crippen LogP contribution in [0.1, 0.15) is 30.4 Å². The Morgan fingerprint density at radius 1 is 1.37 bits per heavy atom. The van der Waals surface area contributed by atoms with E-state index in [0.717, 1.165) is 0 Å². The van der Waals surface area contributed by atoms with E-state index in [-0.39, 0.29) is 11.7 Å². The molecule has 0 aliphatic carbocycles. The van der Waals surface area contributed by atoms with Crippen molar-refractivity contribution in [1.82, 2.24) is 15.0 Å². The van der Waals surface area contributed by atoms with Crippen LogP contribution in [-0.4, -0.2) is 33.2 Å². The second kappa shape index (κ2) is 5.09. The fourth-order valence-electron chi connectivity index (χ4n) is 1.66. The summed E-state index contributed by atoms with van der Waals surface area (Å²) in [5, 5.41) is 17.5. The number of aromatic carboxylic acids is 1. The monoisotopic (exact) mass is 261 g/mol. The maximum Gasteiger partial charge on any atom is 0.358 e.